The van der Waals surface area contributed by atoms with E-state index in [2.05, 4.69) is 5.92 Å². The number of hydrogen-bond acceptors (Lipinski definition) is 1. The number of hydrogen-bond donors (Lipinski definition) is 0. The van der Waals surface area contributed by atoms with Crippen molar-refractivity contribution in [1.29, 1.82) is 0 Å². The summed E-state index contributed by atoms with van der Waals surface area (Å²) in [4.78, 5) is 0. The van der Waals surface area contributed by atoms with E-state index in [0.29, 0.717) is 0 Å². The van der Waals surface area contributed by atoms with Crippen molar-refractivity contribution < 1.29 is 23.6 Å². The third-order valence-electron chi connectivity index (χ3n) is 0.811. The van der Waals surface area contributed by atoms with E-state index in [-0.39, 0.29) is 18.9 Å². The van der Waals surface area contributed by atoms with E-state index in [1.165, 1.54) is 0 Å². The monoisotopic (exact) mass is 104 g/mol. The molecule has 40 valence electrons. The van der Waals surface area contributed by atoms with Gasteiger partial charge in [-0.25, -0.2) is 0 Å². The zero-order valence-electron chi connectivity index (χ0n) is 5.91. The van der Waals surface area contributed by atoms with Crippen molar-refractivity contribution in [2.45, 2.75) is 19.4 Å². The molecule has 0 unspecified atom stereocenters. The molecule has 0 bridgehead atoms. The van der Waals surface area contributed by atoms with E-state index in [4.69, 9.17) is 11.2 Å². The van der Waals surface area contributed by atoms with E-state index in [9.17, 15) is 0 Å². The van der Waals surface area contributed by atoms with Crippen LogP contribution in [0.15, 0.2) is 0 Å². The van der Waals surface area contributed by atoms with E-state index >= 15 is 0 Å². The second-order valence-corrected chi connectivity index (χ2v) is 1.84. The molecule has 0 aromatic rings. The molecule has 0 atom stereocenters. The van der Waals surface area contributed by atoms with Crippen molar-refractivity contribution in [2.24, 2.45) is 0 Å². The fourth-order valence-electron chi connectivity index (χ4n) is 0.0510. The first kappa shape index (κ1) is 11.0. The average molecular weight is 104 g/mol. The minimum Gasteiger partial charge on any atom is -0.691 e. The van der Waals surface area contributed by atoms with Crippen LogP contribution >= 0.6 is 0 Å². The molecule has 0 saturated carbocycles. The van der Waals surface area contributed by atoms with Crippen molar-refractivity contribution in [3.05, 3.63) is 6.42 Å². The zero-order valence-corrected chi connectivity index (χ0v) is 5.91. The predicted molar refractivity (Wildman–Crippen MR) is 28.2 cm³/mol. The largest absolute Gasteiger partial charge is 1.00 e. The summed E-state index contributed by atoms with van der Waals surface area (Å²) in [5.74, 6) is 2.22. The third kappa shape index (κ3) is 4.28. The maximum Gasteiger partial charge on any atom is 1.00 e. The molecule has 0 radical (unpaired) electrons. The molecule has 0 N–H and O–H groups in total. The van der Waals surface area contributed by atoms with Crippen LogP contribution in [-0.4, -0.2) is 12.7 Å². The molecule has 0 aliphatic heterocycles. The van der Waals surface area contributed by atoms with Crippen molar-refractivity contribution in [2.75, 3.05) is 7.11 Å². The van der Waals surface area contributed by atoms with Crippen LogP contribution in [0.4, 0.5) is 0 Å². The van der Waals surface area contributed by atoms with Crippen LogP contribution < -0.4 is 18.9 Å². The van der Waals surface area contributed by atoms with Crippen molar-refractivity contribution in [3.8, 4) is 5.92 Å². The Morgan fingerprint density at radius 3 is 1.88 bits per heavy atom. The topological polar surface area (TPSA) is 9.23 Å². The van der Waals surface area contributed by atoms with Gasteiger partial charge in [-0.15, -0.1) is 0 Å². The second-order valence-electron chi connectivity index (χ2n) is 1.84. The smallest absolute Gasteiger partial charge is 0.691 e. The molecule has 0 rings (SSSR count). The zero-order chi connectivity index (χ0) is 5.91. The van der Waals surface area contributed by atoms with Gasteiger partial charge in [0.15, 0.2) is 0 Å². The Bertz CT molecular complexity index is 91.2. The minimum atomic E-state index is -0.500. The van der Waals surface area contributed by atoms with Gasteiger partial charge in [0.1, 0.15) is 0 Å². The van der Waals surface area contributed by atoms with Crippen LogP contribution in [0.2, 0.25) is 0 Å². The molecule has 0 aromatic carbocycles. The van der Waals surface area contributed by atoms with Crippen LogP contribution in [0.25, 0.3) is 0 Å². The summed E-state index contributed by atoms with van der Waals surface area (Å²) in [7, 11) is 1.56. The molecule has 1 nitrogen and oxygen atoms in total. The standard InChI is InChI=1S/C6H9O.Li/c1-5-6(2,3)7-4;/h2-4H3;/q-1;+1. The number of ether oxygens (including phenoxy) is 1. The summed E-state index contributed by atoms with van der Waals surface area (Å²) < 4.78 is 4.79. The van der Waals surface area contributed by atoms with Gasteiger partial charge in [-0.1, -0.05) is 0 Å². The van der Waals surface area contributed by atoms with Crippen LogP contribution in [0.3, 0.4) is 0 Å². The van der Waals surface area contributed by atoms with E-state index < -0.39 is 5.60 Å². The van der Waals surface area contributed by atoms with Gasteiger partial charge in [-0.2, -0.15) is 0 Å². The molecule has 2 heteroatoms. The molecule has 0 spiro atoms. The van der Waals surface area contributed by atoms with Crippen molar-refractivity contribution >= 4 is 0 Å². The number of rotatable bonds is 1. The summed E-state index contributed by atoms with van der Waals surface area (Å²) >= 11 is 0. The Kier molecular flexibility index (Phi) is 5.55. The van der Waals surface area contributed by atoms with Crippen LogP contribution in [-0.2, 0) is 4.74 Å². The minimum absolute atomic E-state index is 0. The third-order valence-corrected chi connectivity index (χ3v) is 0.811. The van der Waals surface area contributed by atoms with Gasteiger partial charge < -0.3 is 17.1 Å². The summed E-state index contributed by atoms with van der Waals surface area (Å²) in [5.41, 5.74) is -0.500. The van der Waals surface area contributed by atoms with Crippen LogP contribution in [0.1, 0.15) is 13.8 Å². The Labute approximate surface area is 63.0 Å². The predicted octanol–water partition coefficient (Wildman–Crippen LogP) is -1.99. The molecule has 0 amide bonds. The summed E-state index contributed by atoms with van der Waals surface area (Å²) in [6.07, 6.45) is 6.63. The maximum atomic E-state index is 6.63. The van der Waals surface area contributed by atoms with Crippen molar-refractivity contribution in [3.63, 3.8) is 0 Å². The van der Waals surface area contributed by atoms with Crippen molar-refractivity contribution in [1.82, 2.24) is 0 Å². The normalized spacial score (nSPS) is 9.25. The number of methoxy groups -OCH3 is 1. The second kappa shape index (κ2) is 4.04. The first-order valence-electron chi connectivity index (χ1n) is 2.11. The first-order chi connectivity index (χ1) is 3.12. The SMILES string of the molecule is [C-]#CC(C)(C)OC.[Li+]. The van der Waals surface area contributed by atoms with E-state index in [0.717, 1.165) is 0 Å². The molecule has 0 heterocycles. The first-order valence-corrected chi connectivity index (χ1v) is 2.11. The Morgan fingerprint density at radius 2 is 1.88 bits per heavy atom. The molecule has 0 aliphatic rings. The van der Waals surface area contributed by atoms with Crippen LogP contribution in [0.5, 0.6) is 0 Å². The Hall–Kier alpha value is 0.117. The van der Waals surface area contributed by atoms with Gasteiger partial charge in [0.2, 0.25) is 0 Å². The van der Waals surface area contributed by atoms with Crippen LogP contribution in [0, 0.1) is 12.3 Å². The molecular formula is C6H9LiO. The fourth-order valence-corrected chi connectivity index (χ4v) is 0.0510. The van der Waals surface area contributed by atoms with E-state index in [1.54, 1.807) is 21.0 Å². The van der Waals surface area contributed by atoms with Gasteiger partial charge in [0.05, 0.1) is 5.60 Å². The summed E-state index contributed by atoms with van der Waals surface area (Å²) in [6.45, 7) is 3.56. The fraction of sp³-hybridized carbons (Fsp3) is 0.667. The molecule has 0 saturated heterocycles. The Morgan fingerprint density at radius 1 is 1.50 bits per heavy atom. The van der Waals surface area contributed by atoms with Gasteiger partial charge in [-0.3, -0.25) is 0 Å². The quantitative estimate of drug-likeness (QED) is 0.212. The molecule has 0 aromatic heterocycles. The van der Waals surface area contributed by atoms with Gasteiger partial charge in [-0.05, 0) is 13.8 Å². The Balaban J connectivity index is 0. The molecular weight excluding hydrogens is 95.0 g/mol. The summed E-state index contributed by atoms with van der Waals surface area (Å²) in [5, 5.41) is 0. The average Bonchev–Trinajstić information content (AvgIpc) is 1.68. The summed E-state index contributed by atoms with van der Waals surface area (Å²) in [6, 6.07) is 0. The van der Waals surface area contributed by atoms with E-state index in [1.807, 2.05) is 0 Å². The molecule has 0 aliphatic carbocycles. The molecule has 8 heavy (non-hydrogen) atoms. The maximum absolute atomic E-state index is 6.63. The van der Waals surface area contributed by atoms with Gasteiger partial charge in [0.25, 0.3) is 0 Å². The van der Waals surface area contributed by atoms with Gasteiger partial charge >= 0.3 is 18.9 Å². The van der Waals surface area contributed by atoms with Gasteiger partial charge in [0, 0.05) is 7.11 Å². The molecule has 0 fully saturated rings.